The van der Waals surface area contributed by atoms with Gasteiger partial charge in [0, 0.05) is 12.6 Å². The first kappa shape index (κ1) is 7.01. The summed E-state index contributed by atoms with van der Waals surface area (Å²) in [5.74, 6) is -0.570. The van der Waals surface area contributed by atoms with E-state index in [0.29, 0.717) is 6.54 Å². The second-order valence-corrected chi connectivity index (χ2v) is 1.65. The number of hydrogen-bond acceptors (Lipinski definition) is 4. The van der Waals surface area contributed by atoms with Crippen molar-refractivity contribution < 1.29 is 4.39 Å². The fraction of sp³-hybridized carbons (Fsp3) is 0.400. The van der Waals surface area contributed by atoms with Crippen molar-refractivity contribution in [2.45, 2.75) is 6.92 Å². The highest BCUT2D eigenvalue weighted by Gasteiger charge is 2.02. The smallest absolute Gasteiger partial charge is 0.236 e. The van der Waals surface area contributed by atoms with Gasteiger partial charge in [-0.15, -0.1) is 10.3 Å². The van der Waals surface area contributed by atoms with Crippen molar-refractivity contribution in [3.8, 4) is 0 Å². The second kappa shape index (κ2) is 3.17. The van der Waals surface area contributed by atoms with E-state index in [2.05, 4.69) is 22.2 Å². The maximum Gasteiger partial charge on any atom is 0.236 e. The molecule has 55 valence electrons. The molecule has 0 aliphatic carbocycles. The monoisotopic (exact) mass is 143 g/mol. The van der Waals surface area contributed by atoms with Crippen LogP contribution in [0.3, 0.4) is 0 Å². The van der Waals surface area contributed by atoms with E-state index in [9.17, 15) is 4.39 Å². The average Bonchev–Trinajstić information content (AvgIpc) is 1.88. The van der Waals surface area contributed by atoms with Crippen LogP contribution in [0.5, 0.6) is 0 Å². The van der Waals surface area contributed by atoms with E-state index in [1.165, 1.54) is 0 Å². The summed E-state index contributed by atoms with van der Waals surface area (Å²) in [6, 6.07) is 0. The van der Waals surface area contributed by atoms with Crippen LogP contribution in [0.2, 0.25) is 0 Å². The summed E-state index contributed by atoms with van der Waals surface area (Å²) >= 11 is 0. The van der Waals surface area contributed by atoms with Crippen molar-refractivity contribution in [1.82, 2.24) is 16.1 Å². The molecule has 1 radical (unpaired) electrons. The van der Waals surface area contributed by atoms with Crippen LogP contribution in [0.1, 0.15) is 6.92 Å². The van der Waals surface area contributed by atoms with Crippen LogP contribution in [-0.2, 0) is 0 Å². The van der Waals surface area contributed by atoms with Crippen molar-refractivity contribution in [3.63, 3.8) is 0 Å². The largest absolute Gasteiger partial charge is 0.265 e. The Morgan fingerprint density at radius 3 is 3.40 bits per heavy atom. The lowest BCUT2D eigenvalue weighted by atomic mass is 10.6. The van der Waals surface area contributed by atoms with E-state index in [0.717, 1.165) is 11.3 Å². The lowest BCUT2D eigenvalue weighted by Crippen LogP contribution is -2.43. The molecule has 5 heteroatoms. The number of hydrazine groups is 2. The van der Waals surface area contributed by atoms with Crippen molar-refractivity contribution in [3.05, 3.63) is 12.3 Å². The molecule has 0 aromatic rings. The standard InChI is InChI=1S/C5H8FN4/c1-2-7-10-8-4-3-5(6)9-10/h3,7-8H,2H2,1H3. The number of nitrogens with one attached hydrogen (secondary N) is 2. The minimum atomic E-state index is -0.570. The molecule has 0 fully saturated rings. The first-order valence-electron chi connectivity index (χ1n) is 2.95. The highest BCUT2D eigenvalue weighted by Crippen LogP contribution is 1.90. The first-order chi connectivity index (χ1) is 4.83. The van der Waals surface area contributed by atoms with Crippen molar-refractivity contribution in [2.24, 2.45) is 5.10 Å². The molecule has 0 bridgehead atoms. The molecule has 0 saturated heterocycles. The summed E-state index contributed by atoms with van der Waals surface area (Å²) in [6.07, 6.45) is 3.57. The number of hydrazone groups is 1. The lowest BCUT2D eigenvalue weighted by Gasteiger charge is -2.19. The molecule has 0 aromatic carbocycles. The predicted octanol–water partition coefficient (Wildman–Crippen LogP) is -0.0690. The molecule has 0 spiro atoms. The van der Waals surface area contributed by atoms with Crippen molar-refractivity contribution in [2.75, 3.05) is 6.54 Å². The van der Waals surface area contributed by atoms with Crippen LogP contribution in [-0.4, -0.2) is 17.7 Å². The summed E-state index contributed by atoms with van der Waals surface area (Å²) in [5.41, 5.74) is 5.27. The molecule has 1 aliphatic heterocycles. The number of nitrogens with zero attached hydrogens (tertiary/aromatic N) is 2. The Hall–Kier alpha value is -1.10. The van der Waals surface area contributed by atoms with Gasteiger partial charge in [-0.2, -0.15) is 9.82 Å². The van der Waals surface area contributed by atoms with E-state index in [4.69, 9.17) is 0 Å². The van der Waals surface area contributed by atoms with Crippen LogP contribution in [0.15, 0.2) is 11.2 Å². The highest BCUT2D eigenvalue weighted by atomic mass is 19.1. The van der Waals surface area contributed by atoms with Gasteiger partial charge in [-0.25, -0.2) is 0 Å². The van der Waals surface area contributed by atoms with E-state index in [-0.39, 0.29) is 0 Å². The first-order valence-corrected chi connectivity index (χ1v) is 2.95. The number of hydrogen-bond donors (Lipinski definition) is 2. The normalized spacial score (nSPS) is 16.6. The van der Waals surface area contributed by atoms with Gasteiger partial charge in [-0.3, -0.25) is 5.43 Å². The Morgan fingerprint density at radius 2 is 2.80 bits per heavy atom. The molecular formula is C5H8FN4. The van der Waals surface area contributed by atoms with Crippen LogP contribution < -0.4 is 10.9 Å². The highest BCUT2D eigenvalue weighted by molar-refractivity contribution is 5.85. The van der Waals surface area contributed by atoms with E-state index in [1.807, 2.05) is 6.92 Å². The van der Waals surface area contributed by atoms with E-state index < -0.39 is 5.97 Å². The number of allylic oxidation sites excluding steroid dienone is 1. The number of rotatable bonds is 2. The van der Waals surface area contributed by atoms with Gasteiger partial charge in [0.25, 0.3) is 0 Å². The summed E-state index contributed by atoms with van der Waals surface area (Å²) in [4.78, 5) is 0. The Kier molecular flexibility index (Phi) is 2.22. The van der Waals surface area contributed by atoms with Crippen LogP contribution in [0, 0.1) is 6.20 Å². The van der Waals surface area contributed by atoms with Gasteiger partial charge >= 0.3 is 0 Å². The van der Waals surface area contributed by atoms with Gasteiger partial charge in [-0.1, -0.05) is 6.92 Å². The average molecular weight is 143 g/mol. The molecule has 0 atom stereocenters. The molecule has 1 heterocycles. The molecule has 1 aliphatic rings. The van der Waals surface area contributed by atoms with Crippen LogP contribution in [0.25, 0.3) is 0 Å². The van der Waals surface area contributed by atoms with Gasteiger partial charge in [0.1, 0.15) is 0 Å². The maximum atomic E-state index is 12.3. The minimum Gasteiger partial charge on any atom is -0.265 e. The van der Waals surface area contributed by atoms with Crippen LogP contribution >= 0.6 is 0 Å². The SMILES string of the molecule is CCNN1N=C(F)C=[C]N1. The third kappa shape index (κ3) is 1.70. The fourth-order valence-corrected chi connectivity index (χ4v) is 0.527. The van der Waals surface area contributed by atoms with Gasteiger partial charge in [0.05, 0.1) is 6.20 Å². The van der Waals surface area contributed by atoms with E-state index >= 15 is 0 Å². The third-order valence-electron chi connectivity index (χ3n) is 0.865. The zero-order valence-corrected chi connectivity index (χ0v) is 5.56. The Balaban J connectivity index is 2.43. The molecule has 2 N–H and O–H groups in total. The quantitative estimate of drug-likeness (QED) is 0.568. The molecule has 4 nitrogen and oxygen atoms in total. The summed E-state index contributed by atoms with van der Waals surface area (Å²) in [5, 5.41) is 4.58. The predicted molar refractivity (Wildman–Crippen MR) is 35.0 cm³/mol. The van der Waals surface area contributed by atoms with Gasteiger partial charge in [0.2, 0.25) is 5.97 Å². The zero-order chi connectivity index (χ0) is 7.40. The third-order valence-corrected chi connectivity index (χ3v) is 0.865. The number of halogens is 1. The Bertz CT molecular complexity index is 165. The topological polar surface area (TPSA) is 39.7 Å². The summed E-state index contributed by atoms with van der Waals surface area (Å²) in [6.45, 7) is 2.55. The lowest BCUT2D eigenvalue weighted by molar-refractivity contribution is 0.141. The molecule has 0 amide bonds. The zero-order valence-electron chi connectivity index (χ0n) is 5.56. The molecule has 1 rings (SSSR count). The molecule has 10 heavy (non-hydrogen) atoms. The van der Waals surface area contributed by atoms with Gasteiger partial charge in [0.15, 0.2) is 0 Å². The van der Waals surface area contributed by atoms with Crippen molar-refractivity contribution >= 4 is 5.97 Å². The molecule has 0 saturated carbocycles. The van der Waals surface area contributed by atoms with Crippen molar-refractivity contribution in [1.29, 1.82) is 0 Å². The Labute approximate surface area is 58.3 Å². The molecular weight excluding hydrogens is 135 g/mol. The van der Waals surface area contributed by atoms with Crippen LogP contribution in [0.4, 0.5) is 4.39 Å². The molecule has 0 aromatic heterocycles. The summed E-state index contributed by atoms with van der Waals surface area (Å²) in [7, 11) is 0. The summed E-state index contributed by atoms with van der Waals surface area (Å²) < 4.78 is 12.3. The van der Waals surface area contributed by atoms with Gasteiger partial charge < -0.3 is 0 Å². The Morgan fingerprint density at radius 1 is 2.00 bits per heavy atom. The van der Waals surface area contributed by atoms with Gasteiger partial charge in [-0.05, 0) is 0 Å². The minimum absolute atomic E-state index is 0.570. The van der Waals surface area contributed by atoms with E-state index in [1.54, 1.807) is 0 Å². The fourth-order valence-electron chi connectivity index (χ4n) is 0.527. The molecule has 0 unspecified atom stereocenters. The maximum absolute atomic E-state index is 12.3. The second-order valence-electron chi connectivity index (χ2n) is 1.65.